The Hall–Kier alpha value is -1.41. The lowest BCUT2D eigenvalue weighted by Crippen LogP contribution is -2.41. The minimum atomic E-state index is -4.36. The van der Waals surface area contributed by atoms with Gasteiger partial charge in [-0.05, 0) is 30.1 Å². The molecule has 0 saturated carbocycles. The van der Waals surface area contributed by atoms with Gasteiger partial charge in [0, 0.05) is 19.1 Å². The molecule has 22 heavy (non-hydrogen) atoms. The zero-order valence-electron chi connectivity index (χ0n) is 12.1. The van der Waals surface area contributed by atoms with Gasteiger partial charge >= 0.3 is 12.3 Å². The summed E-state index contributed by atoms with van der Waals surface area (Å²) in [6.07, 6.45) is -2.88. The third kappa shape index (κ3) is 7.04. The summed E-state index contributed by atoms with van der Waals surface area (Å²) >= 11 is 1.61. The highest BCUT2D eigenvalue weighted by atomic mass is 32.2. The van der Waals surface area contributed by atoms with Crippen molar-refractivity contribution in [3.8, 4) is 0 Å². The molecule has 124 valence electrons. The molecule has 0 radical (unpaired) electrons. The number of carbonyl (C=O) groups is 1. The lowest BCUT2D eigenvalue weighted by Gasteiger charge is -2.17. The fourth-order valence-corrected chi connectivity index (χ4v) is 2.43. The van der Waals surface area contributed by atoms with E-state index in [1.165, 1.54) is 6.07 Å². The highest BCUT2D eigenvalue weighted by molar-refractivity contribution is 7.98. The molecule has 1 atom stereocenters. The van der Waals surface area contributed by atoms with Gasteiger partial charge in [-0.25, -0.2) is 4.79 Å². The number of rotatable bonds is 8. The molecular weight excluding hydrogens is 317 g/mol. The van der Waals surface area contributed by atoms with Crippen LogP contribution in [-0.4, -0.2) is 35.8 Å². The molecular formula is C14H19F3N2O2S. The average molecular weight is 336 g/mol. The summed E-state index contributed by atoms with van der Waals surface area (Å²) in [6, 6.07) is 4.81. The molecule has 1 aromatic carbocycles. The minimum absolute atomic E-state index is 0.251. The molecule has 0 saturated heterocycles. The monoisotopic (exact) mass is 336 g/mol. The summed E-state index contributed by atoms with van der Waals surface area (Å²) in [5.41, 5.74) is -0.178. The van der Waals surface area contributed by atoms with Gasteiger partial charge in [0.1, 0.15) is 0 Å². The lowest BCUT2D eigenvalue weighted by molar-refractivity contribution is -0.137. The zero-order chi connectivity index (χ0) is 16.6. The summed E-state index contributed by atoms with van der Waals surface area (Å²) in [4.78, 5) is 10.7. The Bertz CT molecular complexity index is 483. The molecule has 0 heterocycles. The first-order valence-electron chi connectivity index (χ1n) is 6.68. The molecule has 8 heteroatoms. The first-order valence-corrected chi connectivity index (χ1v) is 8.07. The largest absolute Gasteiger partial charge is 0.465 e. The van der Waals surface area contributed by atoms with E-state index in [1.54, 1.807) is 17.8 Å². The predicted molar refractivity (Wildman–Crippen MR) is 81.1 cm³/mol. The van der Waals surface area contributed by atoms with Crippen LogP contribution >= 0.6 is 11.8 Å². The number of thioether (sulfide) groups is 1. The topological polar surface area (TPSA) is 61.4 Å². The van der Waals surface area contributed by atoms with E-state index < -0.39 is 17.8 Å². The Balaban J connectivity index is 2.52. The van der Waals surface area contributed by atoms with E-state index in [2.05, 4.69) is 10.6 Å². The number of amides is 1. The molecule has 0 aliphatic carbocycles. The second-order valence-corrected chi connectivity index (χ2v) is 5.74. The summed E-state index contributed by atoms with van der Waals surface area (Å²) in [5.74, 6) is 0.802. The number of hydrogen-bond donors (Lipinski definition) is 3. The summed E-state index contributed by atoms with van der Waals surface area (Å²) < 4.78 is 37.8. The van der Waals surface area contributed by atoms with E-state index in [4.69, 9.17) is 5.11 Å². The third-order valence-corrected chi connectivity index (χ3v) is 3.62. The second-order valence-electron chi connectivity index (χ2n) is 4.76. The van der Waals surface area contributed by atoms with E-state index in [0.717, 1.165) is 17.9 Å². The molecule has 0 fully saturated rings. The van der Waals surface area contributed by atoms with Crippen molar-refractivity contribution in [3.05, 3.63) is 35.4 Å². The normalized spacial score (nSPS) is 12.9. The van der Waals surface area contributed by atoms with Crippen LogP contribution in [0, 0.1) is 0 Å². The van der Waals surface area contributed by atoms with Gasteiger partial charge in [0.2, 0.25) is 0 Å². The molecule has 0 aliphatic rings. The summed E-state index contributed by atoms with van der Waals surface area (Å²) in [7, 11) is 0. The number of hydrogen-bond acceptors (Lipinski definition) is 3. The summed E-state index contributed by atoms with van der Waals surface area (Å²) in [6.45, 7) is 0.615. The minimum Gasteiger partial charge on any atom is -0.465 e. The van der Waals surface area contributed by atoms with Gasteiger partial charge in [-0.3, -0.25) is 0 Å². The van der Waals surface area contributed by atoms with Gasteiger partial charge in [0.05, 0.1) is 5.56 Å². The molecule has 1 amide bonds. The molecule has 1 aromatic rings. The van der Waals surface area contributed by atoms with Gasteiger partial charge in [0.25, 0.3) is 0 Å². The van der Waals surface area contributed by atoms with Crippen molar-refractivity contribution in [2.24, 2.45) is 0 Å². The molecule has 0 aromatic heterocycles. The Morgan fingerprint density at radius 3 is 2.73 bits per heavy atom. The van der Waals surface area contributed by atoms with Gasteiger partial charge in [-0.15, -0.1) is 0 Å². The highest BCUT2D eigenvalue weighted by Gasteiger charge is 2.30. The van der Waals surface area contributed by atoms with Gasteiger partial charge < -0.3 is 15.7 Å². The first kappa shape index (κ1) is 18.6. The predicted octanol–water partition coefficient (Wildman–Crippen LogP) is 3.18. The van der Waals surface area contributed by atoms with E-state index in [-0.39, 0.29) is 12.6 Å². The van der Waals surface area contributed by atoms with E-state index in [0.29, 0.717) is 18.5 Å². The zero-order valence-corrected chi connectivity index (χ0v) is 12.9. The Morgan fingerprint density at radius 1 is 1.41 bits per heavy atom. The molecule has 3 N–H and O–H groups in total. The standard InChI is InChI=1S/C14H19F3N2O2S/c1-22-6-5-12(19-13(20)21)9-18-8-10-3-2-4-11(7-10)14(15,16)17/h2-4,7,12,18-19H,5-6,8-9H2,1H3,(H,20,21). The molecule has 0 spiro atoms. The maximum Gasteiger partial charge on any atom is 0.416 e. The van der Waals surface area contributed by atoms with Crippen molar-refractivity contribution >= 4 is 17.9 Å². The van der Waals surface area contributed by atoms with Crippen LogP contribution in [0.3, 0.4) is 0 Å². The summed E-state index contributed by atoms with van der Waals surface area (Å²) in [5, 5.41) is 14.1. The second kappa shape index (κ2) is 8.89. The van der Waals surface area contributed by atoms with Crippen molar-refractivity contribution in [3.63, 3.8) is 0 Å². The third-order valence-electron chi connectivity index (χ3n) is 2.97. The van der Waals surface area contributed by atoms with E-state index in [1.807, 2.05) is 6.26 Å². The van der Waals surface area contributed by atoms with Crippen molar-refractivity contribution < 1.29 is 23.1 Å². The van der Waals surface area contributed by atoms with Gasteiger partial charge in [-0.1, -0.05) is 18.2 Å². The van der Waals surface area contributed by atoms with Gasteiger partial charge in [-0.2, -0.15) is 24.9 Å². The number of alkyl halides is 3. The molecule has 4 nitrogen and oxygen atoms in total. The fraction of sp³-hybridized carbons (Fsp3) is 0.500. The molecule has 0 bridgehead atoms. The highest BCUT2D eigenvalue weighted by Crippen LogP contribution is 2.29. The maximum absolute atomic E-state index is 12.6. The Kier molecular flexibility index (Phi) is 7.53. The Labute approximate surface area is 131 Å². The molecule has 1 unspecified atom stereocenters. The quantitative estimate of drug-likeness (QED) is 0.682. The lowest BCUT2D eigenvalue weighted by atomic mass is 10.1. The molecule has 0 aliphatic heterocycles. The van der Waals surface area contributed by atoms with E-state index >= 15 is 0 Å². The van der Waals surface area contributed by atoms with Crippen LogP contribution in [0.25, 0.3) is 0 Å². The Morgan fingerprint density at radius 2 is 2.14 bits per heavy atom. The van der Waals surface area contributed by atoms with Crippen molar-refractivity contribution in [1.29, 1.82) is 0 Å². The number of nitrogens with one attached hydrogen (secondary N) is 2. The smallest absolute Gasteiger partial charge is 0.416 e. The van der Waals surface area contributed by atoms with Crippen LogP contribution in [-0.2, 0) is 12.7 Å². The average Bonchev–Trinajstić information content (AvgIpc) is 2.43. The number of halogens is 3. The first-order chi connectivity index (χ1) is 10.3. The fourth-order valence-electron chi connectivity index (χ4n) is 1.91. The van der Waals surface area contributed by atoms with Gasteiger partial charge in [0.15, 0.2) is 0 Å². The molecule has 1 rings (SSSR count). The van der Waals surface area contributed by atoms with Crippen molar-refractivity contribution in [2.75, 3.05) is 18.6 Å². The van der Waals surface area contributed by atoms with Crippen molar-refractivity contribution in [1.82, 2.24) is 10.6 Å². The van der Waals surface area contributed by atoms with Crippen LogP contribution in [0.1, 0.15) is 17.5 Å². The van der Waals surface area contributed by atoms with Crippen LogP contribution in [0.4, 0.5) is 18.0 Å². The van der Waals surface area contributed by atoms with Crippen LogP contribution in [0.5, 0.6) is 0 Å². The number of carboxylic acid groups (broad SMARTS) is 1. The SMILES string of the molecule is CSCCC(CNCc1cccc(C(F)(F)F)c1)NC(=O)O. The van der Waals surface area contributed by atoms with Crippen LogP contribution in [0.15, 0.2) is 24.3 Å². The van der Waals surface area contributed by atoms with E-state index in [9.17, 15) is 18.0 Å². The number of benzene rings is 1. The van der Waals surface area contributed by atoms with Crippen molar-refractivity contribution in [2.45, 2.75) is 25.2 Å². The van der Waals surface area contributed by atoms with Crippen LogP contribution < -0.4 is 10.6 Å². The maximum atomic E-state index is 12.6. The van der Waals surface area contributed by atoms with Crippen LogP contribution in [0.2, 0.25) is 0 Å².